The average Bonchev–Trinajstić information content (AvgIpc) is 3.89. The van der Waals surface area contributed by atoms with Crippen LogP contribution in [-0.2, 0) is 0 Å². The van der Waals surface area contributed by atoms with Gasteiger partial charge in [0.1, 0.15) is 0 Å². The van der Waals surface area contributed by atoms with Gasteiger partial charge in [-0.05, 0) is 30.3 Å². The molecule has 0 unspecified atom stereocenters. The zero-order chi connectivity index (χ0) is 35.0. The summed E-state index contributed by atoms with van der Waals surface area (Å²) in [6, 6.07) is 62.9. The maximum Gasteiger partial charge on any atom is 0.210 e. The van der Waals surface area contributed by atoms with E-state index in [0.717, 1.165) is 28.0 Å². The van der Waals surface area contributed by atoms with Crippen LogP contribution in [0.25, 0.3) is 102 Å². The lowest BCUT2D eigenvalue weighted by atomic mass is 9.98. The number of rotatable bonds is 4. The van der Waals surface area contributed by atoms with Crippen molar-refractivity contribution in [3.05, 3.63) is 187 Å². The Morgan fingerprint density at radius 2 is 0.830 bits per heavy atom. The highest BCUT2D eigenvalue weighted by Crippen LogP contribution is 2.48. The quantitative estimate of drug-likeness (QED) is 0.163. The van der Waals surface area contributed by atoms with Crippen LogP contribution in [0.2, 0.25) is 0 Å². The van der Waals surface area contributed by atoms with Gasteiger partial charge in [0.05, 0.1) is 34.3 Å². The first-order valence-corrected chi connectivity index (χ1v) is 18.6. The van der Waals surface area contributed by atoms with Crippen molar-refractivity contribution in [3.63, 3.8) is 0 Å². The Morgan fingerprint density at radius 1 is 0.377 bits per heavy atom. The number of fused-ring (bicyclic) bond motifs is 9. The van der Waals surface area contributed by atoms with E-state index in [-0.39, 0.29) is 0 Å². The number of hydrogen-bond acceptors (Lipinski definition) is 1. The van der Waals surface area contributed by atoms with Gasteiger partial charge in [-0.1, -0.05) is 146 Å². The number of nitrogens with zero attached hydrogens (tertiary/aromatic N) is 3. The molecule has 0 atom stereocenters. The summed E-state index contributed by atoms with van der Waals surface area (Å²) in [5.74, 6) is 0. The van der Waals surface area contributed by atoms with E-state index in [0.29, 0.717) is 5.69 Å². The van der Waals surface area contributed by atoms with Gasteiger partial charge in [0.2, 0.25) is 5.69 Å². The van der Waals surface area contributed by atoms with Crippen LogP contribution in [0.4, 0.5) is 5.69 Å². The van der Waals surface area contributed by atoms with Crippen molar-refractivity contribution in [2.24, 2.45) is 0 Å². The van der Waals surface area contributed by atoms with Crippen molar-refractivity contribution in [2.45, 2.75) is 0 Å². The second-order valence-electron chi connectivity index (χ2n) is 13.5. The molecule has 0 saturated carbocycles. The van der Waals surface area contributed by atoms with E-state index < -0.39 is 0 Å². The molecule has 0 radical (unpaired) electrons. The molecule has 3 aromatic heterocycles. The van der Waals surface area contributed by atoms with Gasteiger partial charge < -0.3 is 9.13 Å². The summed E-state index contributed by atoms with van der Waals surface area (Å²) in [5, 5.41) is 7.37. The molecule has 11 aromatic rings. The molecule has 0 bridgehead atoms. The molecule has 0 saturated heterocycles. The fourth-order valence-electron chi connectivity index (χ4n) is 8.56. The highest BCUT2D eigenvalue weighted by atomic mass is 32.1. The normalized spacial score (nSPS) is 11.8. The van der Waals surface area contributed by atoms with Crippen molar-refractivity contribution in [1.82, 2.24) is 9.13 Å². The topological polar surface area (TPSA) is 14.2 Å². The Labute approximate surface area is 309 Å². The molecule has 3 heterocycles. The lowest BCUT2D eigenvalue weighted by Crippen LogP contribution is -1.95. The summed E-state index contributed by atoms with van der Waals surface area (Å²) in [6.45, 7) is 8.04. The van der Waals surface area contributed by atoms with Gasteiger partial charge in [0, 0.05) is 69.7 Å². The van der Waals surface area contributed by atoms with E-state index in [4.69, 9.17) is 6.57 Å². The molecule has 8 aromatic carbocycles. The third-order valence-electron chi connectivity index (χ3n) is 10.8. The average molecular weight is 692 g/mol. The molecule has 0 fully saturated rings. The van der Waals surface area contributed by atoms with E-state index >= 15 is 0 Å². The van der Waals surface area contributed by atoms with Gasteiger partial charge in [-0.3, -0.25) is 0 Å². The lowest BCUT2D eigenvalue weighted by Gasteiger charge is -2.13. The summed E-state index contributed by atoms with van der Waals surface area (Å²) in [7, 11) is 0. The summed E-state index contributed by atoms with van der Waals surface area (Å²) < 4.78 is 7.26. The molecule has 4 heteroatoms. The van der Waals surface area contributed by atoms with E-state index in [9.17, 15) is 0 Å². The monoisotopic (exact) mass is 691 g/mol. The molecule has 0 aliphatic heterocycles. The van der Waals surface area contributed by atoms with Crippen molar-refractivity contribution >= 4 is 80.8 Å². The predicted octanol–water partition coefficient (Wildman–Crippen LogP) is 14.1. The minimum atomic E-state index is 0.636. The summed E-state index contributed by atoms with van der Waals surface area (Å²) in [4.78, 5) is 3.95. The molecule has 11 rings (SSSR count). The first-order chi connectivity index (χ1) is 26.3. The van der Waals surface area contributed by atoms with Gasteiger partial charge in [0.25, 0.3) is 0 Å². The van der Waals surface area contributed by atoms with Crippen LogP contribution in [0.5, 0.6) is 0 Å². The zero-order valence-corrected chi connectivity index (χ0v) is 29.3. The van der Waals surface area contributed by atoms with Gasteiger partial charge in [0.15, 0.2) is 0 Å². The maximum absolute atomic E-state index is 8.04. The minimum absolute atomic E-state index is 0.636. The molecule has 246 valence electrons. The number of aromatic nitrogens is 2. The fraction of sp³-hybridized carbons (Fsp3) is 0. The molecule has 0 aliphatic carbocycles. The Morgan fingerprint density at radius 3 is 1.43 bits per heavy atom. The standard InChI is InChI=1S/C49H29N3S/c1-50-42-27-7-10-30-45(42)52-44-29-9-6-18-33(44)35-20-12-22-37(47(35)52)39-24-14-26-41-40-25-13-23-38(48(40)53-49(39)41)36-21-11-19-34-32-17-5-8-28-43(32)51(46(34)36)31-15-3-2-4-16-31/h2-30H. The zero-order valence-electron chi connectivity index (χ0n) is 28.5. The van der Waals surface area contributed by atoms with Crippen LogP contribution in [0.3, 0.4) is 0 Å². The lowest BCUT2D eigenvalue weighted by molar-refractivity contribution is 1.18. The van der Waals surface area contributed by atoms with Crippen LogP contribution in [0, 0.1) is 6.57 Å². The first kappa shape index (κ1) is 29.8. The smallest absolute Gasteiger partial charge is 0.210 e. The van der Waals surface area contributed by atoms with Crippen LogP contribution in [0.1, 0.15) is 0 Å². The third-order valence-corrected chi connectivity index (χ3v) is 12.0. The van der Waals surface area contributed by atoms with Crippen LogP contribution in [0.15, 0.2) is 176 Å². The first-order valence-electron chi connectivity index (χ1n) is 17.8. The van der Waals surface area contributed by atoms with Crippen LogP contribution < -0.4 is 0 Å². The van der Waals surface area contributed by atoms with Crippen LogP contribution >= 0.6 is 11.3 Å². The highest BCUT2D eigenvalue weighted by molar-refractivity contribution is 7.26. The molecular weight excluding hydrogens is 663 g/mol. The van der Waals surface area contributed by atoms with Crippen molar-refractivity contribution in [1.29, 1.82) is 0 Å². The van der Waals surface area contributed by atoms with Gasteiger partial charge in [-0.2, -0.15) is 0 Å². The van der Waals surface area contributed by atoms with Crippen molar-refractivity contribution in [2.75, 3.05) is 0 Å². The molecule has 0 amide bonds. The summed E-state index contributed by atoms with van der Waals surface area (Å²) >= 11 is 1.88. The SMILES string of the molecule is [C-]#[N+]c1ccccc1-n1c2ccccc2c2cccc(-c3cccc4c3sc3c(-c5cccc6c7ccccc7n(-c7ccccc7)c56)cccc34)c21. The maximum atomic E-state index is 8.04. The Balaban J connectivity index is 1.22. The van der Waals surface area contributed by atoms with Gasteiger partial charge in [-0.25, -0.2) is 4.85 Å². The Hall–Kier alpha value is -6.93. The molecule has 53 heavy (non-hydrogen) atoms. The van der Waals surface area contributed by atoms with Crippen molar-refractivity contribution < 1.29 is 0 Å². The molecular formula is C49H29N3S. The Bertz CT molecular complexity index is 3300. The number of thiophene rings is 1. The van der Waals surface area contributed by atoms with E-state index in [2.05, 4.69) is 172 Å². The van der Waals surface area contributed by atoms with Gasteiger partial charge >= 0.3 is 0 Å². The highest BCUT2D eigenvalue weighted by Gasteiger charge is 2.22. The van der Waals surface area contributed by atoms with Gasteiger partial charge in [-0.15, -0.1) is 11.3 Å². The van der Waals surface area contributed by atoms with E-state index in [1.54, 1.807) is 0 Å². The summed E-state index contributed by atoms with van der Waals surface area (Å²) in [5.41, 5.74) is 12.1. The number of hydrogen-bond donors (Lipinski definition) is 0. The third kappa shape index (κ3) is 4.26. The predicted molar refractivity (Wildman–Crippen MR) is 225 cm³/mol. The van der Waals surface area contributed by atoms with Crippen molar-refractivity contribution in [3.8, 4) is 33.6 Å². The van der Waals surface area contributed by atoms with E-state index in [1.165, 1.54) is 69.4 Å². The second kappa shape index (κ2) is 11.5. The minimum Gasteiger partial charge on any atom is -0.318 e. The summed E-state index contributed by atoms with van der Waals surface area (Å²) in [6.07, 6.45) is 0. The van der Waals surface area contributed by atoms with Crippen LogP contribution in [-0.4, -0.2) is 9.13 Å². The molecule has 0 N–H and O–H groups in total. The largest absolute Gasteiger partial charge is 0.318 e. The molecule has 0 spiro atoms. The Kier molecular flexibility index (Phi) is 6.48. The van der Waals surface area contributed by atoms with E-state index in [1.807, 2.05) is 29.5 Å². The fourth-order valence-corrected chi connectivity index (χ4v) is 9.92. The molecule has 3 nitrogen and oxygen atoms in total. The number of benzene rings is 8. The second-order valence-corrected chi connectivity index (χ2v) is 14.5. The molecule has 0 aliphatic rings. The number of para-hydroxylation sites is 7.